The molecule has 1 aromatic rings. The van der Waals surface area contributed by atoms with Crippen LogP contribution < -0.4 is 5.19 Å². The summed E-state index contributed by atoms with van der Waals surface area (Å²) < 4.78 is 0. The lowest BCUT2D eigenvalue weighted by Gasteiger charge is -2.37. The fourth-order valence-corrected chi connectivity index (χ4v) is 6.70. The van der Waals surface area contributed by atoms with E-state index in [0.717, 1.165) is 0 Å². The van der Waals surface area contributed by atoms with Crippen molar-refractivity contribution in [3.8, 4) is 0 Å². The normalized spacial score (nSPS) is 16.9. The molecule has 1 aromatic carbocycles. The van der Waals surface area contributed by atoms with Gasteiger partial charge in [-0.05, 0) is 18.3 Å². The van der Waals surface area contributed by atoms with Gasteiger partial charge in [-0.1, -0.05) is 87.6 Å². The summed E-state index contributed by atoms with van der Waals surface area (Å²) in [5, 5.41) is 12.8. The zero-order valence-electron chi connectivity index (χ0n) is 14.1. The molecule has 0 saturated carbocycles. The predicted octanol–water partition coefficient (Wildman–Crippen LogP) is 4.13. The minimum Gasteiger partial charge on any atom is -0.393 e. The maximum atomic E-state index is 9.84. The first-order valence-corrected chi connectivity index (χ1v) is 10.5. The van der Waals surface area contributed by atoms with Crippen molar-refractivity contribution < 1.29 is 5.11 Å². The molecule has 0 fully saturated rings. The minimum absolute atomic E-state index is 0.134. The second kappa shape index (κ2) is 6.27. The van der Waals surface area contributed by atoms with E-state index in [0.29, 0.717) is 0 Å². The average molecular weight is 291 g/mol. The third-order valence-corrected chi connectivity index (χ3v) is 8.21. The van der Waals surface area contributed by atoms with Crippen LogP contribution in [0.5, 0.6) is 0 Å². The first kappa shape index (κ1) is 17.2. The van der Waals surface area contributed by atoms with Crippen LogP contribution in [0, 0.1) is 11.3 Å². The molecule has 1 nitrogen and oxygen atoms in total. The molecule has 0 unspecified atom stereocenters. The molecular weight excluding hydrogens is 260 g/mol. The lowest BCUT2D eigenvalue weighted by molar-refractivity contribution is 0.156. The van der Waals surface area contributed by atoms with Crippen LogP contribution >= 0.6 is 0 Å². The first-order chi connectivity index (χ1) is 9.06. The van der Waals surface area contributed by atoms with Crippen molar-refractivity contribution in [3.63, 3.8) is 0 Å². The quantitative estimate of drug-likeness (QED) is 0.827. The topological polar surface area (TPSA) is 20.2 Å². The van der Waals surface area contributed by atoms with Gasteiger partial charge in [-0.25, -0.2) is 0 Å². The summed E-state index contributed by atoms with van der Waals surface area (Å²) in [5.41, 5.74) is 0.134. The highest BCUT2D eigenvalue weighted by molar-refractivity contribution is 6.95. The second-order valence-electron chi connectivity index (χ2n) is 7.42. The Balaban J connectivity index is 3.32. The fraction of sp³-hybridized carbons (Fsp3) is 0.556. The van der Waals surface area contributed by atoms with E-state index in [2.05, 4.69) is 77.2 Å². The van der Waals surface area contributed by atoms with Crippen LogP contribution in [0.4, 0.5) is 0 Å². The highest BCUT2D eigenvalue weighted by Gasteiger charge is 2.35. The van der Waals surface area contributed by atoms with Crippen molar-refractivity contribution in [1.82, 2.24) is 0 Å². The Hall–Kier alpha value is -0.863. The van der Waals surface area contributed by atoms with Crippen molar-refractivity contribution in [2.75, 3.05) is 0 Å². The zero-order valence-corrected chi connectivity index (χ0v) is 15.1. The lowest BCUT2D eigenvalue weighted by atomic mass is 9.92. The average Bonchev–Trinajstić information content (AvgIpc) is 2.34. The maximum Gasteiger partial charge on any atom is 0.107 e. The van der Waals surface area contributed by atoms with E-state index in [4.69, 9.17) is 0 Å². The van der Waals surface area contributed by atoms with Crippen LogP contribution in [0.15, 0.2) is 41.6 Å². The first-order valence-electron chi connectivity index (χ1n) is 7.53. The molecule has 0 aliphatic rings. The Morgan fingerprint density at radius 2 is 1.60 bits per heavy atom. The molecule has 0 spiro atoms. The van der Waals surface area contributed by atoms with Crippen molar-refractivity contribution >= 4 is 13.3 Å². The third kappa shape index (κ3) is 4.06. The number of aliphatic hydroxyl groups is 1. The molecule has 2 atom stereocenters. The fourth-order valence-electron chi connectivity index (χ4n) is 2.81. The SMILES string of the molecule is C[C@H](O)[C@@H](C)/C=C(/C(C)(C)C)[Si](C)(C)c1ccccc1. The Kier molecular flexibility index (Phi) is 5.39. The second-order valence-corrected chi connectivity index (χ2v) is 11.8. The largest absolute Gasteiger partial charge is 0.393 e. The van der Waals surface area contributed by atoms with E-state index in [1.54, 1.807) is 0 Å². The van der Waals surface area contributed by atoms with Crippen LogP contribution in [-0.2, 0) is 0 Å². The van der Waals surface area contributed by atoms with Gasteiger partial charge in [0, 0.05) is 0 Å². The third-order valence-electron chi connectivity index (χ3n) is 4.17. The molecule has 0 radical (unpaired) electrons. The summed E-state index contributed by atoms with van der Waals surface area (Å²) in [6.07, 6.45) is 2.03. The Labute approximate surface area is 125 Å². The predicted molar refractivity (Wildman–Crippen MR) is 91.9 cm³/mol. The number of hydrogen-bond acceptors (Lipinski definition) is 1. The molecule has 1 N–H and O–H groups in total. The van der Waals surface area contributed by atoms with Crippen molar-refractivity contribution in [1.29, 1.82) is 0 Å². The van der Waals surface area contributed by atoms with E-state index in [-0.39, 0.29) is 17.4 Å². The number of benzene rings is 1. The molecule has 0 aromatic heterocycles. The molecule has 0 heterocycles. The number of hydrogen-bond donors (Lipinski definition) is 1. The smallest absolute Gasteiger partial charge is 0.107 e. The van der Waals surface area contributed by atoms with Crippen LogP contribution in [-0.4, -0.2) is 19.3 Å². The number of allylic oxidation sites excluding steroid dienone is 1. The Bertz CT molecular complexity index is 452. The molecule has 0 bridgehead atoms. The molecule has 0 amide bonds. The van der Waals surface area contributed by atoms with Crippen molar-refractivity contribution in [2.45, 2.75) is 53.8 Å². The molecule has 112 valence electrons. The van der Waals surface area contributed by atoms with Crippen molar-refractivity contribution in [3.05, 3.63) is 41.6 Å². The molecule has 0 saturated heterocycles. The standard InChI is InChI=1S/C18H30OSi/c1-14(15(2)19)13-17(18(3,4)5)20(6,7)16-11-9-8-10-12-16/h8-15,19H,1-7H3/b17-13-/t14-,15-/m0/s1. The van der Waals surface area contributed by atoms with Gasteiger partial charge in [-0.2, -0.15) is 0 Å². The van der Waals surface area contributed by atoms with Gasteiger partial charge < -0.3 is 5.11 Å². The van der Waals surface area contributed by atoms with Crippen LogP contribution in [0.3, 0.4) is 0 Å². The molecule has 0 aliphatic carbocycles. The molecule has 20 heavy (non-hydrogen) atoms. The van der Waals surface area contributed by atoms with E-state index < -0.39 is 8.07 Å². The van der Waals surface area contributed by atoms with E-state index in [9.17, 15) is 5.11 Å². The van der Waals surface area contributed by atoms with E-state index >= 15 is 0 Å². The maximum absolute atomic E-state index is 9.84. The monoisotopic (exact) mass is 290 g/mol. The van der Waals surface area contributed by atoms with Crippen LogP contribution in [0.2, 0.25) is 13.1 Å². The Morgan fingerprint density at radius 1 is 1.10 bits per heavy atom. The van der Waals surface area contributed by atoms with Gasteiger partial charge >= 0.3 is 0 Å². The number of aliphatic hydroxyl groups excluding tert-OH is 1. The summed E-state index contributed by atoms with van der Waals surface area (Å²) in [5.74, 6) is 0.194. The van der Waals surface area contributed by atoms with Crippen LogP contribution in [0.1, 0.15) is 34.6 Å². The number of rotatable bonds is 4. The van der Waals surface area contributed by atoms with Crippen molar-refractivity contribution in [2.24, 2.45) is 11.3 Å². The summed E-state index contributed by atoms with van der Waals surface area (Å²) in [6, 6.07) is 10.8. The summed E-state index contributed by atoms with van der Waals surface area (Å²) in [4.78, 5) is 0. The van der Waals surface area contributed by atoms with Gasteiger partial charge in [0.25, 0.3) is 0 Å². The molecule has 2 heteroatoms. The minimum atomic E-state index is -1.70. The van der Waals surface area contributed by atoms with Gasteiger partial charge in [0.05, 0.1) is 6.10 Å². The molecule has 0 aliphatic heterocycles. The van der Waals surface area contributed by atoms with Gasteiger partial charge in [0.1, 0.15) is 8.07 Å². The van der Waals surface area contributed by atoms with Gasteiger partial charge in [0.2, 0.25) is 0 Å². The molecular formula is C18H30OSi. The van der Waals surface area contributed by atoms with E-state index in [1.165, 1.54) is 10.4 Å². The highest BCUT2D eigenvalue weighted by atomic mass is 28.3. The van der Waals surface area contributed by atoms with Gasteiger partial charge in [-0.3, -0.25) is 0 Å². The summed E-state index contributed by atoms with van der Waals surface area (Å²) in [6.45, 7) is 15.6. The van der Waals surface area contributed by atoms with Gasteiger partial charge in [-0.15, -0.1) is 0 Å². The lowest BCUT2D eigenvalue weighted by Crippen LogP contribution is -2.48. The van der Waals surface area contributed by atoms with E-state index in [1.807, 2.05) is 6.92 Å². The van der Waals surface area contributed by atoms with Gasteiger partial charge in [0.15, 0.2) is 0 Å². The summed E-state index contributed by atoms with van der Waals surface area (Å²) >= 11 is 0. The summed E-state index contributed by atoms with van der Waals surface area (Å²) in [7, 11) is -1.70. The molecule has 1 rings (SSSR count). The highest BCUT2D eigenvalue weighted by Crippen LogP contribution is 2.34. The zero-order chi connectivity index (χ0) is 15.6. The Morgan fingerprint density at radius 3 is 2.00 bits per heavy atom. The van der Waals surface area contributed by atoms with Crippen LogP contribution in [0.25, 0.3) is 0 Å².